The highest BCUT2D eigenvalue weighted by atomic mass is 79.9. The van der Waals surface area contributed by atoms with Crippen molar-refractivity contribution in [1.29, 1.82) is 5.26 Å². The van der Waals surface area contributed by atoms with Gasteiger partial charge in [0.1, 0.15) is 5.75 Å². The third kappa shape index (κ3) is 3.69. The molecule has 2 aromatic carbocycles. The number of rotatable bonds is 4. The summed E-state index contributed by atoms with van der Waals surface area (Å²) in [6.45, 7) is 2.02. The van der Waals surface area contributed by atoms with Gasteiger partial charge in [0, 0.05) is 10.0 Å². The van der Waals surface area contributed by atoms with Crippen molar-refractivity contribution in [3.63, 3.8) is 0 Å². The van der Waals surface area contributed by atoms with E-state index in [4.69, 9.17) is 16.9 Å². The first-order valence-corrected chi connectivity index (χ1v) is 7.66. The van der Waals surface area contributed by atoms with Crippen LogP contribution >= 0.6 is 27.5 Å². The number of nitriles is 1. The molecule has 0 aliphatic carbocycles. The Balaban J connectivity index is 2.31. The van der Waals surface area contributed by atoms with Crippen molar-refractivity contribution >= 4 is 33.2 Å². The largest absolute Gasteiger partial charge is 0.508 e. The molecule has 0 aliphatic heterocycles. The van der Waals surface area contributed by atoms with Gasteiger partial charge in [0.05, 0.1) is 28.4 Å². The van der Waals surface area contributed by atoms with Crippen LogP contribution in [0.4, 0.5) is 5.69 Å². The van der Waals surface area contributed by atoms with Crippen LogP contribution < -0.4 is 5.32 Å². The number of nitrogens with one attached hydrogen (secondary N) is 1. The van der Waals surface area contributed by atoms with Crippen LogP contribution in [0.3, 0.4) is 0 Å². The zero-order valence-corrected chi connectivity index (χ0v) is 13.7. The van der Waals surface area contributed by atoms with Crippen molar-refractivity contribution in [1.82, 2.24) is 0 Å². The van der Waals surface area contributed by atoms with Crippen molar-refractivity contribution in [2.75, 3.05) is 5.32 Å². The third-order valence-electron chi connectivity index (χ3n) is 3.20. The summed E-state index contributed by atoms with van der Waals surface area (Å²) in [7, 11) is 0. The molecule has 1 unspecified atom stereocenters. The fraction of sp³-hybridized carbons (Fsp3) is 0.188. The summed E-state index contributed by atoms with van der Waals surface area (Å²) in [6.07, 6.45) is 0.778. The van der Waals surface area contributed by atoms with Gasteiger partial charge in [-0.1, -0.05) is 34.5 Å². The lowest BCUT2D eigenvalue weighted by atomic mass is 10.0. The molecule has 108 valence electrons. The SMILES string of the molecule is CCC(Nc1ccc(C#N)cc1Cl)c1cc(Br)ccc1O. The molecular weight excluding hydrogens is 352 g/mol. The summed E-state index contributed by atoms with van der Waals surface area (Å²) in [5.41, 5.74) is 2.05. The van der Waals surface area contributed by atoms with E-state index in [2.05, 4.69) is 27.3 Å². The molecule has 5 heteroatoms. The van der Waals surface area contributed by atoms with E-state index in [0.717, 1.165) is 22.1 Å². The number of aromatic hydroxyl groups is 1. The van der Waals surface area contributed by atoms with Crippen LogP contribution in [0.15, 0.2) is 40.9 Å². The predicted octanol–water partition coefficient (Wildman–Crippen LogP) is 5.24. The van der Waals surface area contributed by atoms with E-state index in [9.17, 15) is 5.11 Å². The zero-order valence-electron chi connectivity index (χ0n) is 11.4. The molecule has 0 saturated heterocycles. The van der Waals surface area contributed by atoms with Gasteiger partial charge in [-0.3, -0.25) is 0 Å². The average molecular weight is 366 g/mol. The summed E-state index contributed by atoms with van der Waals surface area (Å²) in [6, 6.07) is 12.4. The Labute approximate surface area is 137 Å². The third-order valence-corrected chi connectivity index (χ3v) is 4.01. The molecule has 0 aromatic heterocycles. The standard InChI is InChI=1S/C16H14BrClN2O/c1-2-14(12-8-11(17)4-6-16(12)21)20-15-5-3-10(9-19)7-13(15)18/h3-8,14,20-21H,2H2,1H3. The van der Waals surface area contributed by atoms with Gasteiger partial charge in [-0.15, -0.1) is 0 Å². The van der Waals surface area contributed by atoms with Crippen LogP contribution in [-0.2, 0) is 0 Å². The number of nitrogens with zero attached hydrogens (tertiary/aromatic N) is 1. The molecular formula is C16H14BrClN2O. The second kappa shape index (κ2) is 6.84. The summed E-state index contributed by atoms with van der Waals surface area (Å²) in [5, 5.41) is 22.7. The first-order valence-electron chi connectivity index (χ1n) is 6.49. The molecule has 2 aromatic rings. The van der Waals surface area contributed by atoms with Gasteiger partial charge in [0.25, 0.3) is 0 Å². The van der Waals surface area contributed by atoms with Crippen LogP contribution in [0.5, 0.6) is 5.75 Å². The fourth-order valence-corrected chi connectivity index (χ4v) is 2.71. The van der Waals surface area contributed by atoms with Crippen molar-refractivity contribution in [3.8, 4) is 11.8 Å². The molecule has 0 amide bonds. The van der Waals surface area contributed by atoms with Crippen molar-refractivity contribution in [3.05, 3.63) is 57.0 Å². The van der Waals surface area contributed by atoms with Crippen molar-refractivity contribution < 1.29 is 5.11 Å². The van der Waals surface area contributed by atoms with E-state index in [0.29, 0.717) is 10.6 Å². The Morgan fingerprint density at radius 3 is 2.71 bits per heavy atom. The Hall–Kier alpha value is -1.70. The second-order valence-corrected chi connectivity index (χ2v) is 5.94. The number of phenolic OH excluding ortho intramolecular Hbond substituents is 1. The predicted molar refractivity (Wildman–Crippen MR) is 88.6 cm³/mol. The summed E-state index contributed by atoms with van der Waals surface area (Å²) >= 11 is 9.59. The molecule has 0 bridgehead atoms. The maximum atomic E-state index is 10.0. The van der Waals surface area contributed by atoms with E-state index < -0.39 is 0 Å². The van der Waals surface area contributed by atoms with Crippen LogP contribution in [0.25, 0.3) is 0 Å². The molecule has 1 atom stereocenters. The molecule has 3 nitrogen and oxygen atoms in total. The molecule has 0 aliphatic rings. The lowest BCUT2D eigenvalue weighted by Gasteiger charge is -2.21. The summed E-state index contributed by atoms with van der Waals surface area (Å²) in [5.74, 6) is 0.238. The number of phenols is 1. The molecule has 21 heavy (non-hydrogen) atoms. The van der Waals surface area contributed by atoms with Crippen LogP contribution in [0.2, 0.25) is 5.02 Å². The number of hydrogen-bond donors (Lipinski definition) is 2. The molecule has 2 rings (SSSR count). The number of hydrogen-bond acceptors (Lipinski definition) is 3. The summed E-state index contributed by atoms with van der Waals surface area (Å²) in [4.78, 5) is 0. The van der Waals surface area contributed by atoms with E-state index in [-0.39, 0.29) is 11.8 Å². The maximum absolute atomic E-state index is 10.0. The zero-order chi connectivity index (χ0) is 15.4. The highest BCUT2D eigenvalue weighted by Crippen LogP contribution is 2.34. The second-order valence-electron chi connectivity index (χ2n) is 4.61. The van der Waals surface area contributed by atoms with Crippen molar-refractivity contribution in [2.45, 2.75) is 19.4 Å². The minimum atomic E-state index is -0.0760. The van der Waals surface area contributed by atoms with Crippen LogP contribution in [-0.4, -0.2) is 5.11 Å². The number of halogens is 2. The number of benzene rings is 2. The van der Waals surface area contributed by atoms with Crippen molar-refractivity contribution in [2.24, 2.45) is 0 Å². The van der Waals surface area contributed by atoms with Gasteiger partial charge in [-0.25, -0.2) is 0 Å². The Morgan fingerprint density at radius 2 is 2.10 bits per heavy atom. The van der Waals surface area contributed by atoms with Gasteiger partial charge in [-0.2, -0.15) is 5.26 Å². The minimum absolute atomic E-state index is 0.0760. The minimum Gasteiger partial charge on any atom is -0.508 e. The van der Waals surface area contributed by atoms with Gasteiger partial charge >= 0.3 is 0 Å². The number of anilines is 1. The highest BCUT2D eigenvalue weighted by Gasteiger charge is 2.15. The van der Waals surface area contributed by atoms with E-state index >= 15 is 0 Å². The molecule has 0 fully saturated rings. The summed E-state index contributed by atoms with van der Waals surface area (Å²) < 4.78 is 0.904. The molecule has 0 spiro atoms. The van der Waals surface area contributed by atoms with Crippen LogP contribution in [0, 0.1) is 11.3 Å². The first kappa shape index (κ1) is 15.7. The Bertz CT molecular complexity index is 697. The molecule has 0 radical (unpaired) electrons. The lowest BCUT2D eigenvalue weighted by molar-refractivity contribution is 0.462. The van der Waals surface area contributed by atoms with Gasteiger partial charge < -0.3 is 10.4 Å². The molecule has 2 N–H and O–H groups in total. The van der Waals surface area contributed by atoms with Gasteiger partial charge in [-0.05, 0) is 42.8 Å². The smallest absolute Gasteiger partial charge is 0.120 e. The maximum Gasteiger partial charge on any atom is 0.120 e. The van der Waals surface area contributed by atoms with E-state index in [1.165, 1.54) is 0 Å². The average Bonchev–Trinajstić information content (AvgIpc) is 2.48. The Morgan fingerprint density at radius 1 is 1.33 bits per heavy atom. The fourth-order valence-electron chi connectivity index (χ4n) is 2.09. The topological polar surface area (TPSA) is 56.0 Å². The normalized spacial score (nSPS) is 11.7. The highest BCUT2D eigenvalue weighted by molar-refractivity contribution is 9.10. The van der Waals surface area contributed by atoms with Crippen LogP contribution in [0.1, 0.15) is 30.5 Å². The van der Waals surface area contributed by atoms with Gasteiger partial charge in [0.2, 0.25) is 0 Å². The quantitative estimate of drug-likeness (QED) is 0.778. The van der Waals surface area contributed by atoms with Gasteiger partial charge in [0.15, 0.2) is 0 Å². The van der Waals surface area contributed by atoms with E-state index in [1.54, 1.807) is 30.3 Å². The molecule has 0 saturated carbocycles. The monoisotopic (exact) mass is 364 g/mol. The molecule has 0 heterocycles. The Kier molecular flexibility index (Phi) is 5.11. The first-order chi connectivity index (χ1) is 10.0. The lowest BCUT2D eigenvalue weighted by Crippen LogP contribution is -2.10. The van der Waals surface area contributed by atoms with E-state index in [1.807, 2.05) is 13.0 Å².